The number of anilines is 2. The van der Waals surface area contributed by atoms with Gasteiger partial charge in [-0.25, -0.2) is 0 Å². The number of hydrogen-bond acceptors (Lipinski definition) is 6. The summed E-state index contributed by atoms with van der Waals surface area (Å²) in [6.07, 6.45) is 1.39. The zero-order valence-corrected chi connectivity index (χ0v) is 13.8. The molecule has 0 aromatic carbocycles. The number of carbonyl (C=O) groups is 1. The van der Waals surface area contributed by atoms with Crippen LogP contribution in [-0.2, 0) is 0 Å². The quantitative estimate of drug-likeness (QED) is 0.541. The molecule has 21 heavy (non-hydrogen) atoms. The van der Waals surface area contributed by atoms with Gasteiger partial charge in [-0.15, -0.1) is 11.3 Å². The van der Waals surface area contributed by atoms with Gasteiger partial charge in [0.2, 0.25) is 0 Å². The van der Waals surface area contributed by atoms with E-state index < -0.39 is 0 Å². The number of rotatable bonds is 9. The van der Waals surface area contributed by atoms with Crippen molar-refractivity contribution in [3.63, 3.8) is 0 Å². The molecule has 3 N–H and O–H groups in total. The molecule has 1 rings (SSSR count). The van der Waals surface area contributed by atoms with Gasteiger partial charge in [-0.2, -0.15) is 5.26 Å². The maximum Gasteiger partial charge on any atom is 0.174 e. The Balaban J connectivity index is 2.67. The van der Waals surface area contributed by atoms with E-state index in [1.807, 2.05) is 0 Å². The number of thiophene rings is 1. The molecule has 0 bridgehead atoms. The lowest BCUT2D eigenvalue weighted by Gasteiger charge is -2.17. The zero-order chi connectivity index (χ0) is 15.8. The minimum Gasteiger partial charge on any atom is -0.396 e. The van der Waals surface area contributed by atoms with Crippen LogP contribution in [0.4, 0.5) is 10.7 Å². The summed E-state index contributed by atoms with van der Waals surface area (Å²) in [5.41, 5.74) is 6.63. The summed E-state index contributed by atoms with van der Waals surface area (Å²) in [5.74, 6) is -0.00908. The SMILES string of the molecule is CCC(=O)c1sc(NCCCN(CC)CC)c(C#N)c1N. The van der Waals surface area contributed by atoms with E-state index in [0.717, 1.165) is 32.6 Å². The molecule has 0 unspecified atom stereocenters. The van der Waals surface area contributed by atoms with E-state index >= 15 is 0 Å². The van der Waals surface area contributed by atoms with Crippen molar-refractivity contribution >= 4 is 27.8 Å². The maximum atomic E-state index is 11.8. The lowest BCUT2D eigenvalue weighted by Crippen LogP contribution is -2.25. The fraction of sp³-hybridized carbons (Fsp3) is 0.600. The Hall–Kier alpha value is -1.58. The van der Waals surface area contributed by atoms with Crippen molar-refractivity contribution in [2.75, 3.05) is 37.2 Å². The number of hydrogen-bond donors (Lipinski definition) is 2. The molecule has 0 saturated carbocycles. The molecular weight excluding hydrogens is 284 g/mol. The van der Waals surface area contributed by atoms with Gasteiger partial charge >= 0.3 is 0 Å². The summed E-state index contributed by atoms with van der Waals surface area (Å²) < 4.78 is 0. The summed E-state index contributed by atoms with van der Waals surface area (Å²) in [5, 5.41) is 13.2. The van der Waals surface area contributed by atoms with Crippen molar-refractivity contribution in [1.29, 1.82) is 5.26 Å². The third-order valence-corrected chi connectivity index (χ3v) is 4.67. The molecule has 0 spiro atoms. The summed E-state index contributed by atoms with van der Waals surface area (Å²) in [6, 6.07) is 2.10. The first-order valence-corrected chi connectivity index (χ1v) is 8.22. The topological polar surface area (TPSA) is 82.2 Å². The van der Waals surface area contributed by atoms with E-state index in [1.165, 1.54) is 11.3 Å². The summed E-state index contributed by atoms with van der Waals surface area (Å²) in [4.78, 5) is 14.6. The number of ketones is 1. The highest BCUT2D eigenvalue weighted by Gasteiger charge is 2.19. The smallest absolute Gasteiger partial charge is 0.174 e. The van der Waals surface area contributed by atoms with Crippen LogP contribution in [-0.4, -0.2) is 36.9 Å². The van der Waals surface area contributed by atoms with E-state index in [2.05, 4.69) is 30.1 Å². The summed E-state index contributed by atoms with van der Waals surface area (Å²) in [7, 11) is 0. The number of nitrogens with two attached hydrogens (primary N) is 1. The van der Waals surface area contributed by atoms with Crippen LogP contribution in [0.15, 0.2) is 0 Å². The summed E-state index contributed by atoms with van der Waals surface area (Å²) >= 11 is 1.29. The van der Waals surface area contributed by atoms with Gasteiger partial charge in [0.05, 0.1) is 10.6 Å². The Kier molecular flexibility index (Phi) is 7.20. The molecule has 5 nitrogen and oxygen atoms in total. The van der Waals surface area contributed by atoms with Crippen LogP contribution in [0.5, 0.6) is 0 Å². The van der Waals surface area contributed by atoms with Gasteiger partial charge in [0.15, 0.2) is 5.78 Å². The molecule has 0 fully saturated rings. The normalized spacial score (nSPS) is 10.6. The molecule has 0 aliphatic carbocycles. The van der Waals surface area contributed by atoms with E-state index in [1.54, 1.807) is 6.92 Å². The van der Waals surface area contributed by atoms with Crippen LogP contribution >= 0.6 is 11.3 Å². The predicted octanol–water partition coefficient (Wildman–Crippen LogP) is 2.94. The Labute approximate surface area is 130 Å². The molecule has 1 aromatic heterocycles. The molecule has 1 heterocycles. The molecule has 6 heteroatoms. The first-order chi connectivity index (χ1) is 10.1. The van der Waals surface area contributed by atoms with Gasteiger partial charge in [0.1, 0.15) is 16.6 Å². The number of nitrogens with zero attached hydrogens (tertiary/aromatic N) is 2. The van der Waals surface area contributed by atoms with Crippen molar-refractivity contribution in [2.24, 2.45) is 0 Å². The molecule has 0 amide bonds. The highest BCUT2D eigenvalue weighted by Crippen LogP contribution is 2.35. The highest BCUT2D eigenvalue weighted by molar-refractivity contribution is 7.19. The van der Waals surface area contributed by atoms with Crippen molar-refractivity contribution in [1.82, 2.24) is 4.90 Å². The molecule has 0 aliphatic heterocycles. The second-order valence-electron chi connectivity index (χ2n) is 4.74. The molecule has 1 aromatic rings. The standard InChI is InChI=1S/C15H24N4OS/c1-4-12(20)14-13(17)11(10-16)15(21-14)18-8-7-9-19(5-2)6-3/h18H,4-9,17H2,1-3H3. The number of nitrogen functional groups attached to an aromatic ring is 1. The second-order valence-corrected chi connectivity index (χ2v) is 5.77. The third-order valence-electron chi connectivity index (χ3n) is 3.46. The van der Waals surface area contributed by atoms with Crippen molar-refractivity contribution in [2.45, 2.75) is 33.6 Å². The fourth-order valence-corrected chi connectivity index (χ4v) is 3.20. The largest absolute Gasteiger partial charge is 0.396 e. The number of nitrogens with one attached hydrogen (secondary N) is 1. The first kappa shape index (κ1) is 17.5. The van der Waals surface area contributed by atoms with Crippen LogP contribution in [0.1, 0.15) is 48.8 Å². The fourth-order valence-electron chi connectivity index (χ4n) is 2.09. The molecule has 0 atom stereocenters. The minimum absolute atomic E-state index is 0.00908. The average molecular weight is 308 g/mol. The molecular formula is C15H24N4OS. The number of Topliss-reactive ketones (excluding diaryl/α,β-unsaturated/α-hetero) is 1. The number of nitriles is 1. The minimum atomic E-state index is -0.00908. The van der Waals surface area contributed by atoms with Gasteiger partial charge < -0.3 is 16.0 Å². The third kappa shape index (κ3) is 4.45. The predicted molar refractivity (Wildman–Crippen MR) is 89.0 cm³/mol. The van der Waals surface area contributed by atoms with E-state index in [-0.39, 0.29) is 5.78 Å². The van der Waals surface area contributed by atoms with Gasteiger partial charge in [0, 0.05) is 13.0 Å². The highest BCUT2D eigenvalue weighted by atomic mass is 32.1. The second kappa shape index (κ2) is 8.65. The van der Waals surface area contributed by atoms with Crippen LogP contribution in [0.3, 0.4) is 0 Å². The molecule has 0 aliphatic rings. The molecule has 0 radical (unpaired) electrons. The van der Waals surface area contributed by atoms with Crippen LogP contribution < -0.4 is 11.1 Å². The van der Waals surface area contributed by atoms with Gasteiger partial charge in [-0.05, 0) is 26.1 Å². The average Bonchev–Trinajstić information content (AvgIpc) is 2.82. The van der Waals surface area contributed by atoms with Crippen LogP contribution in [0.2, 0.25) is 0 Å². The van der Waals surface area contributed by atoms with Gasteiger partial charge in [-0.1, -0.05) is 20.8 Å². The summed E-state index contributed by atoms with van der Waals surface area (Å²) in [6.45, 7) is 9.96. The van der Waals surface area contributed by atoms with Crippen LogP contribution in [0.25, 0.3) is 0 Å². The van der Waals surface area contributed by atoms with Crippen molar-refractivity contribution in [3.8, 4) is 6.07 Å². The Morgan fingerprint density at radius 1 is 1.38 bits per heavy atom. The first-order valence-electron chi connectivity index (χ1n) is 7.40. The molecule has 0 saturated heterocycles. The maximum absolute atomic E-state index is 11.8. The van der Waals surface area contributed by atoms with Crippen molar-refractivity contribution in [3.05, 3.63) is 10.4 Å². The van der Waals surface area contributed by atoms with E-state index in [4.69, 9.17) is 5.73 Å². The Morgan fingerprint density at radius 2 is 2.05 bits per heavy atom. The van der Waals surface area contributed by atoms with Crippen LogP contribution in [0, 0.1) is 11.3 Å². The lowest BCUT2D eigenvalue weighted by atomic mass is 10.2. The van der Waals surface area contributed by atoms with E-state index in [9.17, 15) is 10.1 Å². The zero-order valence-electron chi connectivity index (χ0n) is 13.0. The van der Waals surface area contributed by atoms with Crippen molar-refractivity contribution < 1.29 is 4.79 Å². The van der Waals surface area contributed by atoms with Gasteiger partial charge in [0.25, 0.3) is 0 Å². The Morgan fingerprint density at radius 3 is 2.57 bits per heavy atom. The van der Waals surface area contributed by atoms with E-state index in [0.29, 0.717) is 27.5 Å². The lowest BCUT2D eigenvalue weighted by molar-refractivity contribution is 0.0993. The molecule has 116 valence electrons. The number of carbonyl (C=O) groups excluding carboxylic acids is 1. The monoisotopic (exact) mass is 308 g/mol. The Bertz CT molecular complexity index is 514. The van der Waals surface area contributed by atoms with Gasteiger partial charge in [-0.3, -0.25) is 4.79 Å².